The zero-order valence-electron chi connectivity index (χ0n) is 17.9. The van der Waals surface area contributed by atoms with Gasteiger partial charge < -0.3 is 14.6 Å². The Morgan fingerprint density at radius 1 is 1.06 bits per heavy atom. The third kappa shape index (κ3) is 6.28. The minimum atomic E-state index is -4.33. The van der Waals surface area contributed by atoms with Crippen molar-refractivity contribution < 1.29 is 27.8 Å². The first kappa shape index (κ1) is 23.7. The topological polar surface area (TPSA) is 38.7 Å². The fraction of sp³-hybridized carbons (Fsp3) is 0.417. The summed E-state index contributed by atoms with van der Waals surface area (Å²) in [6, 6.07) is 9.33. The van der Waals surface area contributed by atoms with Gasteiger partial charge in [-0.3, -0.25) is 0 Å². The molecule has 0 aromatic heterocycles. The summed E-state index contributed by atoms with van der Waals surface area (Å²) in [5.74, 6) is 0.917. The number of hydrogen-bond donors (Lipinski definition) is 1. The lowest BCUT2D eigenvalue weighted by molar-refractivity contribution is -0.137. The van der Waals surface area contributed by atoms with Crippen molar-refractivity contribution in [3.05, 3.63) is 70.0 Å². The predicted molar refractivity (Wildman–Crippen MR) is 117 cm³/mol. The molecule has 31 heavy (non-hydrogen) atoms. The number of rotatable bonds is 5. The highest BCUT2D eigenvalue weighted by Gasteiger charge is 2.30. The van der Waals surface area contributed by atoms with Gasteiger partial charge in [0.05, 0.1) is 18.3 Å². The summed E-state index contributed by atoms with van der Waals surface area (Å²) in [5.41, 5.74) is 4.52. The normalized spacial score (nSPS) is 18.1. The molecule has 0 bridgehead atoms. The van der Waals surface area contributed by atoms with E-state index in [2.05, 4.69) is 12.1 Å². The molecule has 0 unspecified atom stereocenters. The van der Waals surface area contributed by atoms with Crippen LogP contribution in [0, 0.1) is 20.8 Å². The molecule has 7 heteroatoms. The second-order valence-electron chi connectivity index (χ2n) is 7.82. The van der Waals surface area contributed by atoms with Crippen LogP contribution in [0.3, 0.4) is 0 Å². The van der Waals surface area contributed by atoms with E-state index in [-0.39, 0.29) is 25.3 Å². The summed E-state index contributed by atoms with van der Waals surface area (Å²) in [7, 11) is 0. The average Bonchev–Trinajstić information content (AvgIpc) is 2.67. The van der Waals surface area contributed by atoms with Gasteiger partial charge in [-0.1, -0.05) is 17.7 Å². The molecule has 0 spiro atoms. The maximum atomic E-state index is 12.7. The van der Waals surface area contributed by atoms with E-state index in [1.807, 2.05) is 20.8 Å². The molecule has 0 saturated carbocycles. The van der Waals surface area contributed by atoms with Crippen molar-refractivity contribution >= 4 is 17.3 Å². The Morgan fingerprint density at radius 2 is 1.71 bits per heavy atom. The Balaban J connectivity index is 1.65. The molecule has 0 amide bonds. The van der Waals surface area contributed by atoms with Crippen molar-refractivity contribution in [1.29, 1.82) is 0 Å². The standard InChI is InChI=1S/C24H27F3O3S/c1-15-10-16(2)23(17(3)11-15)21-13-29-14-30-19(12-22(21)28)8-9-31-20-6-4-18(5-7-20)24(25,26)27/h4-7,10-11,19,28H,8-9,12-14H2,1-3H3/t19-/m0/s1. The van der Waals surface area contributed by atoms with Gasteiger partial charge in [0.15, 0.2) is 0 Å². The predicted octanol–water partition coefficient (Wildman–Crippen LogP) is 6.85. The largest absolute Gasteiger partial charge is 0.512 e. The second-order valence-corrected chi connectivity index (χ2v) is 8.99. The monoisotopic (exact) mass is 452 g/mol. The van der Waals surface area contributed by atoms with Crippen molar-refractivity contribution in [3.63, 3.8) is 0 Å². The fourth-order valence-electron chi connectivity index (χ4n) is 3.88. The van der Waals surface area contributed by atoms with Gasteiger partial charge in [0.2, 0.25) is 0 Å². The highest BCUT2D eigenvalue weighted by Crippen LogP contribution is 2.32. The molecule has 3 rings (SSSR count). The lowest BCUT2D eigenvalue weighted by atomic mass is 9.92. The van der Waals surface area contributed by atoms with E-state index in [1.54, 1.807) is 0 Å². The molecular weight excluding hydrogens is 425 g/mol. The maximum Gasteiger partial charge on any atom is 0.416 e. The number of alkyl halides is 3. The van der Waals surface area contributed by atoms with Gasteiger partial charge in [-0.2, -0.15) is 13.2 Å². The van der Waals surface area contributed by atoms with Gasteiger partial charge >= 0.3 is 6.18 Å². The van der Waals surface area contributed by atoms with E-state index in [1.165, 1.54) is 29.5 Å². The molecule has 0 aliphatic carbocycles. The van der Waals surface area contributed by atoms with Gasteiger partial charge in [0.25, 0.3) is 0 Å². The Hall–Kier alpha value is -1.96. The minimum Gasteiger partial charge on any atom is -0.512 e. The average molecular weight is 453 g/mol. The lowest BCUT2D eigenvalue weighted by Crippen LogP contribution is -2.21. The summed E-state index contributed by atoms with van der Waals surface area (Å²) < 4.78 is 49.4. The van der Waals surface area contributed by atoms with Crippen molar-refractivity contribution in [2.75, 3.05) is 19.2 Å². The van der Waals surface area contributed by atoms with E-state index in [9.17, 15) is 18.3 Å². The van der Waals surface area contributed by atoms with Crippen LogP contribution in [-0.4, -0.2) is 30.4 Å². The third-order valence-corrected chi connectivity index (χ3v) is 6.32. The molecule has 2 aromatic carbocycles. The van der Waals surface area contributed by atoms with E-state index in [0.29, 0.717) is 18.6 Å². The Labute approximate surface area is 185 Å². The number of halogens is 3. The number of aliphatic hydroxyl groups excluding tert-OH is 1. The summed E-state index contributed by atoms with van der Waals surface area (Å²) in [5, 5.41) is 10.8. The highest BCUT2D eigenvalue weighted by molar-refractivity contribution is 7.99. The van der Waals surface area contributed by atoms with Crippen molar-refractivity contribution in [2.24, 2.45) is 0 Å². The molecule has 1 aliphatic rings. The molecule has 168 valence electrons. The molecule has 1 heterocycles. The zero-order valence-corrected chi connectivity index (χ0v) is 18.7. The van der Waals surface area contributed by atoms with Crippen molar-refractivity contribution in [2.45, 2.75) is 50.8 Å². The van der Waals surface area contributed by atoms with Gasteiger partial charge in [0, 0.05) is 22.6 Å². The van der Waals surface area contributed by atoms with Crippen LogP contribution in [0.4, 0.5) is 13.2 Å². The van der Waals surface area contributed by atoms with Crippen LogP contribution < -0.4 is 0 Å². The first-order chi connectivity index (χ1) is 14.6. The Morgan fingerprint density at radius 3 is 2.32 bits per heavy atom. The molecule has 0 saturated heterocycles. The summed E-state index contributed by atoms with van der Waals surface area (Å²) in [6.45, 7) is 6.52. The molecular formula is C24H27F3O3S. The minimum absolute atomic E-state index is 0.135. The van der Waals surface area contributed by atoms with Crippen LogP contribution >= 0.6 is 11.8 Å². The molecule has 0 radical (unpaired) electrons. The van der Waals surface area contributed by atoms with Crippen LogP contribution in [-0.2, 0) is 15.7 Å². The van der Waals surface area contributed by atoms with E-state index in [0.717, 1.165) is 39.3 Å². The molecule has 2 aromatic rings. The number of hydrogen-bond acceptors (Lipinski definition) is 4. The van der Waals surface area contributed by atoms with Crippen molar-refractivity contribution in [3.8, 4) is 0 Å². The van der Waals surface area contributed by atoms with E-state index < -0.39 is 11.7 Å². The van der Waals surface area contributed by atoms with Crippen LogP contribution in [0.2, 0.25) is 0 Å². The first-order valence-corrected chi connectivity index (χ1v) is 11.1. The lowest BCUT2D eigenvalue weighted by Gasteiger charge is -2.24. The van der Waals surface area contributed by atoms with Gasteiger partial charge in [0.1, 0.15) is 12.6 Å². The maximum absolute atomic E-state index is 12.7. The number of thioether (sulfide) groups is 1. The number of benzene rings is 2. The van der Waals surface area contributed by atoms with E-state index >= 15 is 0 Å². The second kappa shape index (κ2) is 10.1. The SMILES string of the molecule is Cc1cc(C)c(C2=C(O)C[C@H](CCSc3ccc(C(F)(F)F)cc3)OCOC2)c(C)c1. The molecule has 3 nitrogen and oxygen atoms in total. The summed E-state index contributed by atoms with van der Waals surface area (Å²) in [4.78, 5) is 0.765. The first-order valence-electron chi connectivity index (χ1n) is 10.1. The number of ether oxygens (including phenoxy) is 2. The fourth-order valence-corrected chi connectivity index (χ4v) is 4.82. The zero-order chi connectivity index (χ0) is 22.6. The summed E-state index contributed by atoms with van der Waals surface area (Å²) in [6.07, 6.45) is -3.55. The number of aliphatic hydroxyl groups is 1. The highest BCUT2D eigenvalue weighted by atomic mass is 32.2. The van der Waals surface area contributed by atoms with Gasteiger partial charge in [-0.05, 0) is 68.1 Å². The van der Waals surface area contributed by atoms with Gasteiger partial charge in [-0.15, -0.1) is 11.8 Å². The molecule has 1 aliphatic heterocycles. The van der Waals surface area contributed by atoms with Gasteiger partial charge in [-0.25, -0.2) is 0 Å². The Bertz CT molecular complexity index is 913. The van der Waals surface area contributed by atoms with Crippen LogP contribution in [0.1, 0.15) is 40.7 Å². The molecule has 1 atom stereocenters. The summed E-state index contributed by atoms with van der Waals surface area (Å²) >= 11 is 1.46. The van der Waals surface area contributed by atoms with Crippen LogP contribution in [0.15, 0.2) is 47.1 Å². The molecule has 1 N–H and O–H groups in total. The molecule has 0 fully saturated rings. The quantitative estimate of drug-likeness (QED) is 0.504. The smallest absolute Gasteiger partial charge is 0.416 e. The van der Waals surface area contributed by atoms with Crippen LogP contribution in [0.5, 0.6) is 0 Å². The van der Waals surface area contributed by atoms with Crippen molar-refractivity contribution in [1.82, 2.24) is 0 Å². The van der Waals surface area contributed by atoms with Crippen LogP contribution in [0.25, 0.3) is 5.57 Å². The Kier molecular flexibility index (Phi) is 7.73. The third-order valence-electron chi connectivity index (χ3n) is 5.27. The van der Waals surface area contributed by atoms with E-state index in [4.69, 9.17) is 9.47 Å². The number of aryl methyl sites for hydroxylation is 3.